The van der Waals surface area contributed by atoms with Crippen LogP contribution in [0.2, 0.25) is 0 Å². The van der Waals surface area contributed by atoms with Crippen LogP contribution in [-0.4, -0.2) is 18.7 Å². The minimum atomic E-state index is -0.505. The van der Waals surface area contributed by atoms with Crippen LogP contribution in [0.4, 0.5) is 21.0 Å². The Hall–Kier alpha value is -2.96. The Labute approximate surface area is 145 Å². The highest BCUT2D eigenvalue weighted by Crippen LogP contribution is 2.30. The molecule has 0 bridgehead atoms. The molecule has 3 rings (SSSR count). The molecule has 0 saturated carbocycles. The lowest BCUT2D eigenvalue weighted by Gasteiger charge is -2.22. The maximum absolute atomic E-state index is 12.2. The van der Waals surface area contributed by atoms with Crippen molar-refractivity contribution >= 4 is 23.5 Å². The summed E-state index contributed by atoms with van der Waals surface area (Å²) in [6.45, 7) is 2.05. The molecule has 0 aliphatic heterocycles. The van der Waals surface area contributed by atoms with Gasteiger partial charge in [-0.1, -0.05) is 0 Å². The van der Waals surface area contributed by atoms with E-state index in [-0.39, 0.29) is 12.1 Å². The highest BCUT2D eigenvalue weighted by molar-refractivity contribution is 5.90. The van der Waals surface area contributed by atoms with E-state index in [1.54, 1.807) is 37.5 Å². The monoisotopic (exact) mass is 343 g/mol. The number of nitrogens with one attached hydrogen (secondary N) is 3. The second-order valence-electron chi connectivity index (χ2n) is 5.77. The molecule has 0 fully saturated rings. The van der Waals surface area contributed by atoms with Gasteiger partial charge in [0.25, 0.3) is 0 Å². The first kappa shape index (κ1) is 16.9. The number of carbonyl (C=O) groups excluding carboxylic acids is 2. The average molecular weight is 343 g/mol. The van der Waals surface area contributed by atoms with Gasteiger partial charge in [-0.15, -0.1) is 0 Å². The second kappa shape index (κ2) is 7.74. The molecule has 1 aromatic carbocycles. The molecule has 3 amide bonds. The molecule has 1 aliphatic rings. The predicted molar refractivity (Wildman–Crippen MR) is 93.6 cm³/mol. The second-order valence-corrected chi connectivity index (χ2v) is 5.77. The quantitative estimate of drug-likeness (QED) is 0.781. The highest BCUT2D eigenvalue weighted by Gasteiger charge is 2.23. The van der Waals surface area contributed by atoms with Crippen LogP contribution in [0.25, 0.3) is 0 Å². The van der Waals surface area contributed by atoms with E-state index in [0.29, 0.717) is 18.0 Å². The Morgan fingerprint density at radius 3 is 2.60 bits per heavy atom. The van der Waals surface area contributed by atoms with Crippen LogP contribution in [0.1, 0.15) is 37.1 Å². The van der Waals surface area contributed by atoms with Crippen LogP contribution in [0.3, 0.4) is 0 Å². The summed E-state index contributed by atoms with van der Waals surface area (Å²) in [4.78, 5) is 23.6. The third-order valence-corrected chi connectivity index (χ3v) is 4.02. The number of rotatable bonds is 4. The lowest BCUT2D eigenvalue weighted by molar-refractivity contribution is 0.168. The first-order chi connectivity index (χ1) is 12.2. The van der Waals surface area contributed by atoms with Gasteiger partial charge in [-0.25, -0.2) is 9.59 Å². The molecule has 132 valence electrons. The molecule has 1 unspecified atom stereocenters. The summed E-state index contributed by atoms with van der Waals surface area (Å²) >= 11 is 0. The van der Waals surface area contributed by atoms with E-state index < -0.39 is 6.09 Å². The van der Waals surface area contributed by atoms with Gasteiger partial charge in [0.15, 0.2) is 0 Å². The Balaban J connectivity index is 1.54. The summed E-state index contributed by atoms with van der Waals surface area (Å²) in [5, 5.41) is 8.36. The van der Waals surface area contributed by atoms with Gasteiger partial charge in [0.05, 0.1) is 18.9 Å². The standard InChI is InChI=1S/C18H21N3O4/c1-2-24-18(23)20-13-8-6-12(7-9-13)19-17(22)21-15-4-3-5-16-14(15)10-11-25-16/h6-11,15H,2-5H2,1H3,(H,20,23)(H2,19,21,22). The van der Waals surface area contributed by atoms with E-state index in [1.165, 1.54) is 0 Å². The molecular formula is C18H21N3O4. The van der Waals surface area contributed by atoms with Crippen molar-refractivity contribution in [2.75, 3.05) is 17.2 Å². The van der Waals surface area contributed by atoms with Gasteiger partial charge in [0, 0.05) is 23.4 Å². The van der Waals surface area contributed by atoms with Crippen molar-refractivity contribution in [3.63, 3.8) is 0 Å². The summed E-state index contributed by atoms with van der Waals surface area (Å²) in [6.07, 6.45) is 3.95. The number of ether oxygens (including phenoxy) is 1. The minimum absolute atomic E-state index is 0.0350. The molecule has 2 aromatic rings. The van der Waals surface area contributed by atoms with Crippen molar-refractivity contribution in [1.29, 1.82) is 0 Å². The molecule has 0 radical (unpaired) electrons. The molecule has 1 aromatic heterocycles. The number of fused-ring (bicyclic) bond motifs is 1. The zero-order valence-electron chi connectivity index (χ0n) is 14.0. The fraction of sp³-hybridized carbons (Fsp3) is 0.333. The summed E-state index contributed by atoms with van der Waals surface area (Å²) in [5.74, 6) is 0.950. The molecule has 1 aliphatic carbocycles. The van der Waals surface area contributed by atoms with E-state index in [0.717, 1.165) is 30.6 Å². The summed E-state index contributed by atoms with van der Waals surface area (Å²) in [7, 11) is 0. The van der Waals surface area contributed by atoms with Crippen molar-refractivity contribution < 1.29 is 18.7 Å². The highest BCUT2D eigenvalue weighted by atomic mass is 16.5. The van der Waals surface area contributed by atoms with Gasteiger partial charge < -0.3 is 19.8 Å². The van der Waals surface area contributed by atoms with Crippen molar-refractivity contribution in [2.45, 2.75) is 32.2 Å². The molecular weight excluding hydrogens is 322 g/mol. The van der Waals surface area contributed by atoms with Crippen LogP contribution < -0.4 is 16.0 Å². The van der Waals surface area contributed by atoms with Gasteiger partial charge in [-0.3, -0.25) is 5.32 Å². The molecule has 0 saturated heterocycles. The molecule has 0 spiro atoms. The number of aryl methyl sites for hydroxylation is 1. The van der Waals surface area contributed by atoms with Crippen molar-refractivity contribution in [3.8, 4) is 0 Å². The maximum Gasteiger partial charge on any atom is 0.411 e. The number of hydrogen-bond donors (Lipinski definition) is 3. The van der Waals surface area contributed by atoms with E-state index in [2.05, 4.69) is 16.0 Å². The molecule has 3 N–H and O–H groups in total. The smallest absolute Gasteiger partial charge is 0.411 e. The van der Waals surface area contributed by atoms with Gasteiger partial charge in [0.1, 0.15) is 5.76 Å². The first-order valence-corrected chi connectivity index (χ1v) is 8.33. The maximum atomic E-state index is 12.2. The SMILES string of the molecule is CCOC(=O)Nc1ccc(NC(=O)NC2CCCc3occc32)cc1. The van der Waals surface area contributed by atoms with Gasteiger partial charge >= 0.3 is 12.1 Å². The third kappa shape index (κ3) is 4.32. The molecule has 1 heterocycles. The lowest BCUT2D eigenvalue weighted by atomic mass is 9.93. The zero-order valence-corrected chi connectivity index (χ0v) is 14.0. The van der Waals surface area contributed by atoms with E-state index in [9.17, 15) is 9.59 Å². The normalized spacial score (nSPS) is 15.8. The predicted octanol–water partition coefficient (Wildman–Crippen LogP) is 4.05. The van der Waals surface area contributed by atoms with Crippen molar-refractivity contribution in [3.05, 3.63) is 47.9 Å². The van der Waals surface area contributed by atoms with Crippen LogP contribution >= 0.6 is 0 Å². The van der Waals surface area contributed by atoms with Crippen LogP contribution in [0.15, 0.2) is 41.0 Å². The van der Waals surface area contributed by atoms with Crippen molar-refractivity contribution in [2.24, 2.45) is 0 Å². The first-order valence-electron chi connectivity index (χ1n) is 8.33. The lowest BCUT2D eigenvalue weighted by Crippen LogP contribution is -2.34. The third-order valence-electron chi connectivity index (χ3n) is 4.02. The Bertz CT molecular complexity index is 739. The topological polar surface area (TPSA) is 92.6 Å². The molecule has 25 heavy (non-hydrogen) atoms. The Kier molecular flexibility index (Phi) is 5.23. The van der Waals surface area contributed by atoms with Crippen molar-refractivity contribution in [1.82, 2.24) is 5.32 Å². The number of amides is 3. The van der Waals surface area contributed by atoms with Crippen LogP contribution in [0, 0.1) is 0 Å². The van der Waals surface area contributed by atoms with E-state index in [4.69, 9.17) is 9.15 Å². The number of urea groups is 1. The van der Waals surface area contributed by atoms with Crippen LogP contribution in [0.5, 0.6) is 0 Å². The Morgan fingerprint density at radius 2 is 1.88 bits per heavy atom. The van der Waals surface area contributed by atoms with Gasteiger partial charge in [-0.05, 0) is 50.1 Å². The number of benzene rings is 1. The molecule has 1 atom stereocenters. The van der Waals surface area contributed by atoms with Gasteiger partial charge in [0.2, 0.25) is 0 Å². The largest absolute Gasteiger partial charge is 0.469 e. The van der Waals surface area contributed by atoms with Crippen LogP contribution in [-0.2, 0) is 11.2 Å². The summed E-state index contributed by atoms with van der Waals surface area (Å²) in [6, 6.07) is 8.42. The van der Waals surface area contributed by atoms with Gasteiger partial charge in [-0.2, -0.15) is 0 Å². The number of anilines is 2. The zero-order chi connectivity index (χ0) is 17.6. The number of carbonyl (C=O) groups is 2. The fourth-order valence-corrected chi connectivity index (χ4v) is 2.88. The average Bonchev–Trinajstić information content (AvgIpc) is 3.06. The number of hydrogen-bond acceptors (Lipinski definition) is 4. The molecule has 7 heteroatoms. The molecule has 7 nitrogen and oxygen atoms in total. The number of furan rings is 1. The van der Waals surface area contributed by atoms with E-state index >= 15 is 0 Å². The van der Waals surface area contributed by atoms with E-state index in [1.807, 2.05) is 6.07 Å². The fourth-order valence-electron chi connectivity index (χ4n) is 2.88. The Morgan fingerprint density at radius 1 is 1.16 bits per heavy atom. The summed E-state index contributed by atoms with van der Waals surface area (Å²) in [5.41, 5.74) is 2.28. The summed E-state index contributed by atoms with van der Waals surface area (Å²) < 4.78 is 10.2. The minimum Gasteiger partial charge on any atom is -0.469 e.